The number of hydrogen-bond acceptors (Lipinski definition) is 2. The van der Waals surface area contributed by atoms with Crippen LogP contribution in [0.3, 0.4) is 0 Å². The number of hydrogen-bond donors (Lipinski definition) is 1. The van der Waals surface area contributed by atoms with Gasteiger partial charge in [0.2, 0.25) is 0 Å². The van der Waals surface area contributed by atoms with Gasteiger partial charge < -0.3 is 9.84 Å². The molecule has 0 aromatic rings. The van der Waals surface area contributed by atoms with Crippen molar-refractivity contribution in [3.05, 3.63) is 35.5 Å². The van der Waals surface area contributed by atoms with E-state index in [1.165, 1.54) is 42.4 Å². The molecule has 3 fully saturated rings. The van der Waals surface area contributed by atoms with Crippen LogP contribution in [0.25, 0.3) is 0 Å². The smallest absolute Gasteiger partial charge is 0.0888 e. The minimum absolute atomic E-state index is 0.165. The van der Waals surface area contributed by atoms with Gasteiger partial charge in [-0.2, -0.15) is 0 Å². The second-order valence-corrected chi connectivity index (χ2v) is 12.6. The zero-order valence-corrected chi connectivity index (χ0v) is 22.1. The summed E-state index contributed by atoms with van der Waals surface area (Å²) in [6.07, 6.45) is 16.1. The van der Waals surface area contributed by atoms with E-state index in [-0.39, 0.29) is 17.6 Å². The number of fused-ring (bicyclic) bond motifs is 3. The summed E-state index contributed by atoms with van der Waals surface area (Å²) in [6, 6.07) is 0. The molecular formula is C30H50O2. The van der Waals surface area contributed by atoms with Crippen molar-refractivity contribution in [1.82, 2.24) is 0 Å². The van der Waals surface area contributed by atoms with Gasteiger partial charge in [-0.25, -0.2) is 0 Å². The van der Waals surface area contributed by atoms with Crippen LogP contribution in [0.1, 0.15) is 113 Å². The average molecular weight is 443 g/mol. The molecule has 2 heteroatoms. The summed E-state index contributed by atoms with van der Waals surface area (Å²) in [5, 5.41) is 10.7. The largest absolute Gasteiger partial charge is 0.390 e. The van der Waals surface area contributed by atoms with E-state index in [9.17, 15) is 5.11 Å². The SMILES string of the molecule is C=C(CC/C=C(\C)CCC=C(C)C)[C@@H]1CC[C@@H]2[C@@]3(C)CC[C@@H](O)C(C)(C)O[C@@H]3CC[C@]21C. The van der Waals surface area contributed by atoms with Gasteiger partial charge in [0.15, 0.2) is 0 Å². The molecular weight excluding hydrogens is 392 g/mol. The van der Waals surface area contributed by atoms with Crippen molar-refractivity contribution in [1.29, 1.82) is 0 Å². The zero-order chi connectivity index (χ0) is 23.7. The molecule has 0 unspecified atom stereocenters. The molecule has 0 radical (unpaired) electrons. The molecule has 1 heterocycles. The van der Waals surface area contributed by atoms with E-state index >= 15 is 0 Å². The van der Waals surface area contributed by atoms with Gasteiger partial charge in [0, 0.05) is 0 Å². The minimum Gasteiger partial charge on any atom is -0.390 e. The number of allylic oxidation sites excluding steroid dienone is 5. The molecule has 2 aliphatic carbocycles. The standard InChI is InChI=1S/C30H50O2/c1-21(2)11-9-12-22(3)13-10-14-23(4)24-15-16-25-29(24,7)20-18-27-30(25,8)19-17-26(31)28(5,6)32-27/h11,13,24-27,31H,4,9-10,12,14-20H2,1-3,5-8H3/b22-13+/t24-,25-,26+,27+,29-,30+/m0/s1. The highest BCUT2D eigenvalue weighted by Crippen LogP contribution is 2.66. The first-order valence-corrected chi connectivity index (χ1v) is 13.2. The zero-order valence-electron chi connectivity index (χ0n) is 22.1. The lowest BCUT2D eigenvalue weighted by molar-refractivity contribution is -0.186. The molecule has 6 atom stereocenters. The maximum atomic E-state index is 10.7. The Morgan fingerprint density at radius 2 is 1.56 bits per heavy atom. The predicted octanol–water partition coefficient (Wildman–Crippen LogP) is 8.17. The molecule has 1 saturated heterocycles. The summed E-state index contributed by atoms with van der Waals surface area (Å²) in [7, 11) is 0. The van der Waals surface area contributed by atoms with Crippen LogP contribution in [0.2, 0.25) is 0 Å². The van der Waals surface area contributed by atoms with Gasteiger partial charge in [-0.1, -0.05) is 49.3 Å². The van der Waals surface area contributed by atoms with Crippen LogP contribution in [-0.2, 0) is 4.74 Å². The maximum Gasteiger partial charge on any atom is 0.0888 e. The normalized spacial score (nSPS) is 39.1. The van der Waals surface area contributed by atoms with E-state index in [0.29, 0.717) is 17.3 Å². The maximum absolute atomic E-state index is 10.7. The molecule has 182 valence electrons. The van der Waals surface area contributed by atoms with Crippen molar-refractivity contribution >= 4 is 0 Å². The second kappa shape index (κ2) is 9.79. The van der Waals surface area contributed by atoms with Gasteiger partial charge in [0.25, 0.3) is 0 Å². The first-order chi connectivity index (χ1) is 14.9. The lowest BCUT2D eigenvalue weighted by Crippen LogP contribution is -2.52. The van der Waals surface area contributed by atoms with Crippen molar-refractivity contribution < 1.29 is 9.84 Å². The van der Waals surface area contributed by atoms with Gasteiger partial charge in [-0.05, 0) is 121 Å². The number of rotatable bonds is 7. The third-order valence-electron chi connectivity index (χ3n) is 9.56. The van der Waals surface area contributed by atoms with E-state index in [2.05, 4.69) is 67.2 Å². The Kier molecular flexibility index (Phi) is 7.88. The number of aliphatic hydroxyl groups is 1. The van der Waals surface area contributed by atoms with E-state index in [1.54, 1.807) is 0 Å². The first-order valence-electron chi connectivity index (χ1n) is 13.2. The van der Waals surface area contributed by atoms with Crippen LogP contribution in [0, 0.1) is 22.7 Å². The Balaban J connectivity index is 1.64. The highest BCUT2D eigenvalue weighted by atomic mass is 16.5. The monoisotopic (exact) mass is 442 g/mol. The predicted molar refractivity (Wildman–Crippen MR) is 137 cm³/mol. The van der Waals surface area contributed by atoms with Crippen LogP contribution < -0.4 is 0 Å². The van der Waals surface area contributed by atoms with Crippen LogP contribution >= 0.6 is 0 Å². The van der Waals surface area contributed by atoms with Gasteiger partial charge in [-0.15, -0.1) is 0 Å². The summed E-state index contributed by atoms with van der Waals surface area (Å²) >= 11 is 0. The fourth-order valence-corrected chi connectivity index (χ4v) is 7.47. The lowest BCUT2D eigenvalue weighted by Gasteiger charge is -2.55. The molecule has 2 saturated carbocycles. The summed E-state index contributed by atoms with van der Waals surface area (Å²) < 4.78 is 6.62. The van der Waals surface area contributed by atoms with Gasteiger partial charge in [0.05, 0.1) is 17.8 Å². The van der Waals surface area contributed by atoms with Gasteiger partial charge in [0.1, 0.15) is 0 Å². The van der Waals surface area contributed by atoms with Crippen molar-refractivity contribution in [3.8, 4) is 0 Å². The summed E-state index contributed by atoms with van der Waals surface area (Å²) in [5.74, 6) is 1.30. The molecule has 3 rings (SSSR count). The van der Waals surface area contributed by atoms with E-state index in [0.717, 1.165) is 38.5 Å². The van der Waals surface area contributed by atoms with E-state index < -0.39 is 5.60 Å². The van der Waals surface area contributed by atoms with Crippen molar-refractivity contribution in [3.63, 3.8) is 0 Å². The quantitative estimate of drug-likeness (QED) is 0.403. The van der Waals surface area contributed by atoms with Crippen LogP contribution in [0.15, 0.2) is 35.5 Å². The van der Waals surface area contributed by atoms with Crippen LogP contribution in [0.4, 0.5) is 0 Å². The highest BCUT2D eigenvalue weighted by molar-refractivity contribution is 5.18. The molecule has 0 amide bonds. The fraction of sp³-hybridized carbons (Fsp3) is 0.800. The lowest BCUT2D eigenvalue weighted by atomic mass is 9.52. The van der Waals surface area contributed by atoms with Gasteiger partial charge >= 0.3 is 0 Å². The molecule has 2 nitrogen and oxygen atoms in total. The molecule has 3 aliphatic rings. The first kappa shape index (κ1) is 25.8. The molecule has 1 aliphatic heterocycles. The Morgan fingerprint density at radius 1 is 0.906 bits per heavy atom. The molecule has 32 heavy (non-hydrogen) atoms. The van der Waals surface area contributed by atoms with Crippen molar-refractivity contribution in [2.45, 2.75) is 130 Å². The summed E-state index contributed by atoms with van der Waals surface area (Å²) in [4.78, 5) is 0. The number of ether oxygens (including phenoxy) is 1. The van der Waals surface area contributed by atoms with E-state index in [1.807, 2.05) is 0 Å². The van der Waals surface area contributed by atoms with Crippen molar-refractivity contribution in [2.24, 2.45) is 22.7 Å². The number of aliphatic hydroxyl groups excluding tert-OH is 1. The second-order valence-electron chi connectivity index (χ2n) is 12.6. The molecule has 0 spiro atoms. The minimum atomic E-state index is -0.437. The van der Waals surface area contributed by atoms with Crippen LogP contribution in [-0.4, -0.2) is 22.9 Å². The summed E-state index contributed by atoms with van der Waals surface area (Å²) in [6.45, 7) is 20.4. The van der Waals surface area contributed by atoms with E-state index in [4.69, 9.17) is 4.74 Å². The highest BCUT2D eigenvalue weighted by Gasteiger charge is 2.61. The Hall–Kier alpha value is -0.860. The summed E-state index contributed by atoms with van der Waals surface area (Å²) in [5.41, 5.74) is 4.45. The average Bonchev–Trinajstić information content (AvgIpc) is 3.02. The Bertz CT molecular complexity index is 740. The van der Waals surface area contributed by atoms with Crippen LogP contribution in [0.5, 0.6) is 0 Å². The topological polar surface area (TPSA) is 29.5 Å². The third kappa shape index (κ3) is 5.12. The Labute approximate surface area is 198 Å². The third-order valence-corrected chi connectivity index (χ3v) is 9.56. The fourth-order valence-electron chi connectivity index (χ4n) is 7.47. The van der Waals surface area contributed by atoms with Crippen molar-refractivity contribution in [2.75, 3.05) is 0 Å². The molecule has 0 aromatic carbocycles. The molecule has 0 bridgehead atoms. The molecule has 1 N–H and O–H groups in total. The Morgan fingerprint density at radius 3 is 2.25 bits per heavy atom. The van der Waals surface area contributed by atoms with Gasteiger partial charge in [-0.3, -0.25) is 0 Å². The molecule has 0 aromatic heterocycles.